The van der Waals surface area contributed by atoms with Gasteiger partial charge in [-0.05, 0) is 29.5 Å². The summed E-state index contributed by atoms with van der Waals surface area (Å²) in [6.45, 7) is 5.81. The number of benzene rings is 1. The average molecular weight is 244 g/mol. The molecule has 96 valence electrons. The molecule has 0 aliphatic rings. The second-order valence-electron chi connectivity index (χ2n) is 5.01. The van der Waals surface area contributed by atoms with Crippen molar-refractivity contribution < 1.29 is 5.11 Å². The summed E-state index contributed by atoms with van der Waals surface area (Å²) >= 11 is 0. The number of fused-ring (bicyclic) bond motifs is 1. The molecular formula is C15H20N2O. The highest BCUT2D eigenvalue weighted by atomic mass is 16.3. The van der Waals surface area contributed by atoms with Gasteiger partial charge in [-0.25, -0.2) is 0 Å². The molecule has 1 aromatic carbocycles. The Bertz CT molecular complexity index is 505. The summed E-state index contributed by atoms with van der Waals surface area (Å²) < 4.78 is 0. The summed E-state index contributed by atoms with van der Waals surface area (Å²) in [5.74, 6) is 0.592. The van der Waals surface area contributed by atoms with Crippen LogP contribution in [0.2, 0.25) is 0 Å². The Morgan fingerprint density at radius 1 is 1.22 bits per heavy atom. The number of pyridine rings is 1. The van der Waals surface area contributed by atoms with Crippen LogP contribution in [-0.4, -0.2) is 23.2 Å². The molecule has 1 unspecified atom stereocenters. The molecule has 1 aromatic heterocycles. The maximum absolute atomic E-state index is 10.2. The van der Waals surface area contributed by atoms with Crippen LogP contribution in [0, 0.1) is 5.92 Å². The Labute approximate surface area is 108 Å². The van der Waals surface area contributed by atoms with Crippen LogP contribution >= 0.6 is 0 Å². The first-order chi connectivity index (χ1) is 8.68. The Hall–Kier alpha value is -1.45. The van der Waals surface area contributed by atoms with E-state index in [0.29, 0.717) is 12.5 Å². The lowest BCUT2D eigenvalue weighted by molar-refractivity contribution is 0.175. The SMILES string of the molecule is CC(C)CNCC(O)c1cccc2cnccc12. The molecule has 1 atom stereocenters. The lowest BCUT2D eigenvalue weighted by atomic mass is 10.0. The molecule has 2 rings (SSSR count). The predicted molar refractivity (Wildman–Crippen MR) is 74.4 cm³/mol. The minimum absolute atomic E-state index is 0.477. The number of hydrogen-bond acceptors (Lipinski definition) is 3. The molecule has 1 heterocycles. The number of hydrogen-bond donors (Lipinski definition) is 2. The molecule has 0 fully saturated rings. The van der Waals surface area contributed by atoms with E-state index in [9.17, 15) is 5.11 Å². The van der Waals surface area contributed by atoms with Crippen molar-refractivity contribution >= 4 is 10.8 Å². The van der Waals surface area contributed by atoms with Crippen LogP contribution < -0.4 is 5.32 Å². The fraction of sp³-hybridized carbons (Fsp3) is 0.400. The topological polar surface area (TPSA) is 45.1 Å². The van der Waals surface area contributed by atoms with Crippen molar-refractivity contribution in [1.82, 2.24) is 10.3 Å². The highest BCUT2D eigenvalue weighted by molar-refractivity contribution is 5.85. The number of aliphatic hydroxyl groups is 1. The van der Waals surface area contributed by atoms with Gasteiger partial charge >= 0.3 is 0 Å². The molecule has 3 nitrogen and oxygen atoms in total. The number of nitrogens with zero attached hydrogens (tertiary/aromatic N) is 1. The van der Waals surface area contributed by atoms with Gasteiger partial charge in [0.25, 0.3) is 0 Å². The van der Waals surface area contributed by atoms with E-state index in [1.54, 1.807) is 6.20 Å². The normalized spacial score (nSPS) is 13.1. The zero-order chi connectivity index (χ0) is 13.0. The van der Waals surface area contributed by atoms with Crippen LogP contribution in [-0.2, 0) is 0 Å². The van der Waals surface area contributed by atoms with E-state index in [1.807, 2.05) is 30.5 Å². The minimum atomic E-state index is -0.477. The van der Waals surface area contributed by atoms with E-state index in [1.165, 1.54) is 0 Å². The van der Waals surface area contributed by atoms with E-state index in [4.69, 9.17) is 0 Å². The molecule has 0 amide bonds. The fourth-order valence-corrected chi connectivity index (χ4v) is 2.06. The molecule has 0 bridgehead atoms. The predicted octanol–water partition coefficient (Wildman–Crippen LogP) is 2.51. The van der Waals surface area contributed by atoms with E-state index in [2.05, 4.69) is 24.1 Å². The smallest absolute Gasteiger partial charge is 0.0920 e. The van der Waals surface area contributed by atoms with E-state index in [-0.39, 0.29) is 0 Å². The van der Waals surface area contributed by atoms with Gasteiger partial charge < -0.3 is 10.4 Å². The molecule has 0 radical (unpaired) electrons. The van der Waals surface area contributed by atoms with Crippen molar-refractivity contribution in [2.45, 2.75) is 20.0 Å². The average Bonchev–Trinajstić information content (AvgIpc) is 2.37. The van der Waals surface area contributed by atoms with Crippen LogP contribution in [0.1, 0.15) is 25.5 Å². The van der Waals surface area contributed by atoms with E-state index >= 15 is 0 Å². The number of nitrogens with one attached hydrogen (secondary N) is 1. The highest BCUT2D eigenvalue weighted by Crippen LogP contribution is 2.23. The van der Waals surface area contributed by atoms with Gasteiger partial charge in [0.15, 0.2) is 0 Å². The van der Waals surface area contributed by atoms with Gasteiger partial charge in [-0.3, -0.25) is 4.98 Å². The molecule has 0 spiro atoms. The Morgan fingerprint density at radius 2 is 2.06 bits per heavy atom. The van der Waals surface area contributed by atoms with Crippen LogP contribution in [0.5, 0.6) is 0 Å². The highest BCUT2D eigenvalue weighted by Gasteiger charge is 2.10. The van der Waals surface area contributed by atoms with Gasteiger partial charge in [0.1, 0.15) is 0 Å². The van der Waals surface area contributed by atoms with Crippen LogP contribution in [0.25, 0.3) is 10.8 Å². The summed E-state index contributed by atoms with van der Waals surface area (Å²) in [6, 6.07) is 7.91. The van der Waals surface area contributed by atoms with Crippen molar-refractivity contribution in [3.8, 4) is 0 Å². The second kappa shape index (κ2) is 5.94. The summed E-state index contributed by atoms with van der Waals surface area (Å²) in [6.07, 6.45) is 3.11. The molecule has 0 saturated carbocycles. The van der Waals surface area contributed by atoms with Gasteiger partial charge in [0, 0.05) is 24.3 Å². The maximum Gasteiger partial charge on any atom is 0.0920 e. The van der Waals surface area contributed by atoms with E-state index in [0.717, 1.165) is 22.9 Å². The molecule has 3 heteroatoms. The third-order valence-corrected chi connectivity index (χ3v) is 2.96. The number of aromatic nitrogens is 1. The van der Waals surface area contributed by atoms with Crippen LogP contribution in [0.3, 0.4) is 0 Å². The lowest BCUT2D eigenvalue weighted by Gasteiger charge is -2.15. The molecule has 18 heavy (non-hydrogen) atoms. The Balaban J connectivity index is 2.15. The molecule has 0 aliphatic heterocycles. The van der Waals surface area contributed by atoms with Gasteiger partial charge in [-0.15, -0.1) is 0 Å². The number of rotatable bonds is 5. The zero-order valence-corrected chi connectivity index (χ0v) is 10.9. The molecule has 0 aliphatic carbocycles. The summed E-state index contributed by atoms with van der Waals surface area (Å²) in [5, 5.41) is 15.7. The molecule has 2 aromatic rings. The third kappa shape index (κ3) is 3.06. The monoisotopic (exact) mass is 244 g/mol. The molecular weight excluding hydrogens is 224 g/mol. The lowest BCUT2D eigenvalue weighted by Crippen LogP contribution is -2.25. The van der Waals surface area contributed by atoms with Crippen molar-refractivity contribution in [1.29, 1.82) is 0 Å². The number of aliphatic hydroxyl groups excluding tert-OH is 1. The van der Waals surface area contributed by atoms with Crippen LogP contribution in [0.4, 0.5) is 0 Å². The molecule has 0 saturated heterocycles. The van der Waals surface area contributed by atoms with Crippen molar-refractivity contribution in [2.24, 2.45) is 5.92 Å². The Kier molecular flexibility index (Phi) is 4.28. The third-order valence-electron chi connectivity index (χ3n) is 2.96. The van der Waals surface area contributed by atoms with Gasteiger partial charge in [0.05, 0.1) is 6.10 Å². The largest absolute Gasteiger partial charge is 0.387 e. The van der Waals surface area contributed by atoms with Crippen molar-refractivity contribution in [3.05, 3.63) is 42.2 Å². The van der Waals surface area contributed by atoms with E-state index < -0.39 is 6.10 Å². The summed E-state index contributed by atoms with van der Waals surface area (Å²) in [5.41, 5.74) is 0.964. The van der Waals surface area contributed by atoms with Crippen molar-refractivity contribution in [2.75, 3.05) is 13.1 Å². The maximum atomic E-state index is 10.2. The minimum Gasteiger partial charge on any atom is -0.387 e. The zero-order valence-electron chi connectivity index (χ0n) is 10.9. The van der Waals surface area contributed by atoms with Gasteiger partial charge in [-0.2, -0.15) is 0 Å². The summed E-state index contributed by atoms with van der Waals surface area (Å²) in [4.78, 5) is 4.10. The summed E-state index contributed by atoms with van der Waals surface area (Å²) in [7, 11) is 0. The Morgan fingerprint density at radius 3 is 2.83 bits per heavy atom. The molecule has 2 N–H and O–H groups in total. The van der Waals surface area contributed by atoms with Crippen molar-refractivity contribution in [3.63, 3.8) is 0 Å². The van der Waals surface area contributed by atoms with Gasteiger partial charge in [0.2, 0.25) is 0 Å². The first-order valence-electron chi connectivity index (χ1n) is 6.40. The first kappa shape index (κ1) is 13.0. The quantitative estimate of drug-likeness (QED) is 0.849. The fourth-order valence-electron chi connectivity index (χ4n) is 2.06. The van der Waals surface area contributed by atoms with Crippen LogP contribution in [0.15, 0.2) is 36.7 Å². The van der Waals surface area contributed by atoms with Gasteiger partial charge in [-0.1, -0.05) is 32.0 Å². The second-order valence-corrected chi connectivity index (χ2v) is 5.01. The standard InChI is InChI=1S/C15H20N2O/c1-11(2)8-17-10-15(18)14-5-3-4-12-9-16-7-6-13(12)14/h3-7,9,11,15,17-18H,8,10H2,1-2H3. The first-order valence-corrected chi connectivity index (χ1v) is 6.40.